The van der Waals surface area contributed by atoms with Crippen molar-refractivity contribution in [3.63, 3.8) is 0 Å². The van der Waals surface area contributed by atoms with Gasteiger partial charge in [0.25, 0.3) is 0 Å². The number of nitrogens with zero attached hydrogens (tertiary/aromatic N) is 2. The first kappa shape index (κ1) is 14.5. The Morgan fingerprint density at radius 2 is 2.09 bits per heavy atom. The monoisotopic (exact) mass is 297 g/mol. The van der Waals surface area contributed by atoms with Crippen LogP contribution in [0, 0.1) is 0 Å². The van der Waals surface area contributed by atoms with Gasteiger partial charge in [0.1, 0.15) is 6.04 Å². The van der Waals surface area contributed by atoms with Crippen LogP contribution < -0.4 is 10.1 Å². The van der Waals surface area contributed by atoms with E-state index in [1.54, 1.807) is 19.4 Å². The minimum Gasteiger partial charge on any atom is -0.481 e. The number of benzene rings is 1. The summed E-state index contributed by atoms with van der Waals surface area (Å²) in [5.74, 6) is 0.634. The maximum absolute atomic E-state index is 12.7. The maximum atomic E-state index is 12.7. The van der Waals surface area contributed by atoms with Gasteiger partial charge in [-0.25, -0.2) is 4.98 Å². The van der Waals surface area contributed by atoms with Crippen LogP contribution in [-0.4, -0.2) is 36.0 Å². The van der Waals surface area contributed by atoms with Gasteiger partial charge in [0.05, 0.1) is 7.11 Å². The molecule has 22 heavy (non-hydrogen) atoms. The molecule has 1 unspecified atom stereocenters. The number of ether oxygens (including phenoxy) is 1. The molecule has 114 valence electrons. The topological polar surface area (TPSA) is 54.5 Å². The van der Waals surface area contributed by atoms with Crippen molar-refractivity contribution >= 4 is 5.91 Å². The van der Waals surface area contributed by atoms with E-state index in [0.717, 1.165) is 17.7 Å². The molecule has 0 bridgehead atoms. The zero-order valence-corrected chi connectivity index (χ0v) is 12.5. The number of rotatable bonds is 4. The highest BCUT2D eigenvalue weighted by atomic mass is 16.5. The van der Waals surface area contributed by atoms with Crippen LogP contribution in [-0.2, 0) is 11.3 Å². The molecule has 1 fully saturated rings. The van der Waals surface area contributed by atoms with Crippen molar-refractivity contribution in [1.82, 2.24) is 15.2 Å². The second kappa shape index (κ2) is 6.58. The molecule has 3 rings (SSSR count). The number of aromatic nitrogens is 1. The predicted octanol–water partition coefficient (Wildman–Crippen LogP) is 1.76. The lowest BCUT2D eigenvalue weighted by molar-refractivity contribution is -0.136. The number of methoxy groups -OCH3 is 1. The van der Waals surface area contributed by atoms with Crippen molar-refractivity contribution in [3.05, 3.63) is 59.8 Å². The van der Waals surface area contributed by atoms with Crippen LogP contribution in [0.2, 0.25) is 0 Å². The number of pyridine rings is 1. The van der Waals surface area contributed by atoms with Crippen LogP contribution >= 0.6 is 0 Å². The molecular weight excluding hydrogens is 278 g/mol. The van der Waals surface area contributed by atoms with Crippen LogP contribution in [0.5, 0.6) is 5.88 Å². The Morgan fingerprint density at radius 3 is 2.77 bits per heavy atom. The SMILES string of the molecule is COc1ccc(C2NCCN(Cc3ccccc3)C2=O)cn1. The summed E-state index contributed by atoms with van der Waals surface area (Å²) in [5.41, 5.74) is 2.01. The first-order valence-electron chi connectivity index (χ1n) is 7.34. The lowest BCUT2D eigenvalue weighted by atomic mass is 10.0. The van der Waals surface area contributed by atoms with Crippen molar-refractivity contribution in [2.45, 2.75) is 12.6 Å². The predicted molar refractivity (Wildman–Crippen MR) is 83.4 cm³/mol. The summed E-state index contributed by atoms with van der Waals surface area (Å²) in [6.45, 7) is 2.13. The molecule has 1 aliphatic heterocycles. The normalized spacial score (nSPS) is 18.3. The second-order valence-corrected chi connectivity index (χ2v) is 5.27. The van der Waals surface area contributed by atoms with Gasteiger partial charge in [-0.1, -0.05) is 36.4 Å². The molecule has 1 amide bonds. The van der Waals surface area contributed by atoms with Gasteiger partial charge in [-0.15, -0.1) is 0 Å². The molecular formula is C17H19N3O2. The van der Waals surface area contributed by atoms with Crippen molar-refractivity contribution in [2.24, 2.45) is 0 Å². The number of hydrogen-bond acceptors (Lipinski definition) is 4. The summed E-state index contributed by atoms with van der Waals surface area (Å²) >= 11 is 0. The minimum absolute atomic E-state index is 0.0852. The van der Waals surface area contributed by atoms with Gasteiger partial charge in [0.15, 0.2) is 0 Å². The van der Waals surface area contributed by atoms with Gasteiger partial charge in [0, 0.05) is 31.9 Å². The zero-order valence-electron chi connectivity index (χ0n) is 12.5. The molecule has 0 saturated carbocycles. The minimum atomic E-state index is -0.337. The van der Waals surface area contributed by atoms with E-state index in [1.165, 1.54) is 0 Å². The standard InChI is InChI=1S/C17H19N3O2/c1-22-15-8-7-14(11-19-15)16-17(21)20(10-9-18-16)12-13-5-3-2-4-6-13/h2-8,11,16,18H,9-10,12H2,1H3. The fraction of sp³-hybridized carbons (Fsp3) is 0.294. The molecule has 5 heteroatoms. The highest BCUT2D eigenvalue weighted by Crippen LogP contribution is 2.21. The van der Waals surface area contributed by atoms with Crippen molar-refractivity contribution in [3.8, 4) is 5.88 Å². The number of piperazine rings is 1. The van der Waals surface area contributed by atoms with Crippen LogP contribution in [0.1, 0.15) is 17.2 Å². The highest BCUT2D eigenvalue weighted by Gasteiger charge is 2.29. The number of carbonyl (C=O) groups is 1. The first-order valence-corrected chi connectivity index (χ1v) is 7.34. The molecule has 1 N–H and O–H groups in total. The summed E-state index contributed by atoms with van der Waals surface area (Å²) in [4.78, 5) is 18.8. The van der Waals surface area contributed by atoms with Crippen LogP contribution in [0.15, 0.2) is 48.7 Å². The molecule has 1 aliphatic rings. The maximum Gasteiger partial charge on any atom is 0.244 e. The van der Waals surface area contributed by atoms with Gasteiger partial charge in [0.2, 0.25) is 11.8 Å². The molecule has 2 aromatic rings. The summed E-state index contributed by atoms with van der Waals surface area (Å²) < 4.78 is 5.06. The Morgan fingerprint density at radius 1 is 1.27 bits per heavy atom. The van der Waals surface area contributed by atoms with Crippen LogP contribution in [0.25, 0.3) is 0 Å². The Balaban J connectivity index is 1.74. The first-order chi connectivity index (χ1) is 10.8. The van der Waals surface area contributed by atoms with E-state index in [-0.39, 0.29) is 11.9 Å². The Kier molecular flexibility index (Phi) is 4.34. The number of hydrogen-bond donors (Lipinski definition) is 1. The zero-order chi connectivity index (χ0) is 15.4. The molecule has 0 spiro atoms. The smallest absolute Gasteiger partial charge is 0.244 e. The summed E-state index contributed by atoms with van der Waals surface area (Å²) in [6, 6.07) is 13.4. The third kappa shape index (κ3) is 3.09. The second-order valence-electron chi connectivity index (χ2n) is 5.27. The van der Waals surface area contributed by atoms with E-state index in [9.17, 15) is 4.79 Å². The van der Waals surface area contributed by atoms with Gasteiger partial charge in [-0.05, 0) is 11.1 Å². The number of amides is 1. The molecule has 1 saturated heterocycles. The van der Waals surface area contributed by atoms with Crippen molar-refractivity contribution in [2.75, 3.05) is 20.2 Å². The quantitative estimate of drug-likeness (QED) is 0.934. The Labute approximate surface area is 129 Å². The average molecular weight is 297 g/mol. The Bertz CT molecular complexity index is 628. The fourth-order valence-corrected chi connectivity index (χ4v) is 2.63. The molecule has 1 atom stereocenters. The van der Waals surface area contributed by atoms with Crippen molar-refractivity contribution in [1.29, 1.82) is 0 Å². The Hall–Kier alpha value is -2.40. The van der Waals surface area contributed by atoms with Crippen molar-refractivity contribution < 1.29 is 9.53 Å². The third-order valence-corrected chi connectivity index (χ3v) is 3.81. The van der Waals surface area contributed by atoms with Gasteiger partial charge < -0.3 is 15.0 Å². The van der Waals surface area contributed by atoms with Crippen LogP contribution in [0.4, 0.5) is 0 Å². The van der Waals surface area contributed by atoms with E-state index in [4.69, 9.17) is 4.74 Å². The number of nitrogens with one attached hydrogen (secondary N) is 1. The van der Waals surface area contributed by atoms with E-state index >= 15 is 0 Å². The molecule has 0 aliphatic carbocycles. The molecule has 0 radical (unpaired) electrons. The lowest BCUT2D eigenvalue weighted by Crippen LogP contribution is -2.49. The molecule has 1 aromatic carbocycles. The van der Waals surface area contributed by atoms with Gasteiger partial charge in [-0.2, -0.15) is 0 Å². The van der Waals surface area contributed by atoms with E-state index < -0.39 is 0 Å². The third-order valence-electron chi connectivity index (χ3n) is 3.81. The summed E-state index contributed by atoms with van der Waals surface area (Å²) in [5, 5.41) is 3.27. The van der Waals surface area contributed by atoms with E-state index in [1.807, 2.05) is 41.3 Å². The molecule has 1 aromatic heterocycles. The van der Waals surface area contributed by atoms with Gasteiger partial charge in [-0.3, -0.25) is 4.79 Å². The fourth-order valence-electron chi connectivity index (χ4n) is 2.63. The highest BCUT2D eigenvalue weighted by molar-refractivity contribution is 5.84. The largest absolute Gasteiger partial charge is 0.481 e. The van der Waals surface area contributed by atoms with E-state index in [0.29, 0.717) is 19.0 Å². The van der Waals surface area contributed by atoms with Gasteiger partial charge >= 0.3 is 0 Å². The van der Waals surface area contributed by atoms with Crippen LogP contribution in [0.3, 0.4) is 0 Å². The lowest BCUT2D eigenvalue weighted by Gasteiger charge is -2.33. The van der Waals surface area contributed by atoms with E-state index in [2.05, 4.69) is 10.3 Å². The average Bonchev–Trinajstić information content (AvgIpc) is 2.58. The number of carbonyl (C=O) groups excluding carboxylic acids is 1. The molecule has 2 heterocycles. The molecule has 5 nitrogen and oxygen atoms in total. The summed E-state index contributed by atoms with van der Waals surface area (Å²) in [6.07, 6.45) is 1.69. The summed E-state index contributed by atoms with van der Waals surface area (Å²) in [7, 11) is 1.58.